The molecule has 9 atom stereocenters. The van der Waals surface area contributed by atoms with Crippen molar-refractivity contribution < 1.29 is 87.7 Å². The standard InChI is InChI=1S/C65H84BN13O18S/c1-36(67)58(88)75-46(15-9-10-27-69-60(90)40-18-20-42(21-19-40)66(96)97)53(81)34-71-47(24-25-55(83)84)62(92)73-37(2)59(89)78-50(30-39-16-22-43(80)23-17-39)61(91)72-35-54(82)74-51(31-41-33-70-45-14-8-7-13-44(41)45)64(94)76-48(26-28-98-3)63(93)79-52(32-56(85)86)65(95)77-49(57(68)87)29-38-11-5-4-6-12-38/h4-8,11-14,16-23,33,36-37,46-52,70-71,80,96-97H,9-10,15,24-32,34-35,67H2,1-3H3,(H2,68,87)(H,69,90)(H,72,91)(H,73,92)(H,74,82)(H,75,88)(H,76,94)(H,77,95)(H,78,89)(H,79,93)(H,83,84)(H,85,86)/t36-,37-,46?,47-,48-,49-,50-,51-,52-/m0/s1. The first kappa shape index (κ1) is 78.5. The molecule has 0 spiro atoms. The number of carboxylic acids is 2. The molecule has 0 aliphatic heterocycles. The zero-order valence-corrected chi connectivity index (χ0v) is 55.0. The molecule has 0 fully saturated rings. The van der Waals surface area contributed by atoms with E-state index in [0.717, 1.165) is 0 Å². The molecule has 0 bridgehead atoms. The van der Waals surface area contributed by atoms with Crippen molar-refractivity contribution in [2.24, 2.45) is 11.5 Å². The van der Waals surface area contributed by atoms with E-state index in [-0.39, 0.29) is 67.6 Å². The predicted octanol–water partition coefficient (Wildman–Crippen LogP) is -2.84. The summed E-state index contributed by atoms with van der Waals surface area (Å²) in [5.74, 6) is -12.1. The number of thioether (sulfide) groups is 1. The maximum atomic E-state index is 14.5. The number of unbranched alkanes of at least 4 members (excludes halogenated alkanes) is 1. The zero-order valence-electron chi connectivity index (χ0n) is 54.2. The molecule has 33 heteroatoms. The van der Waals surface area contributed by atoms with Gasteiger partial charge in [-0.3, -0.25) is 67.6 Å². The first-order valence-corrected chi connectivity index (χ1v) is 32.8. The first-order valence-electron chi connectivity index (χ1n) is 31.4. The fourth-order valence-corrected chi connectivity index (χ4v) is 10.4. The number of aromatic hydroxyl groups is 1. The van der Waals surface area contributed by atoms with Gasteiger partial charge in [0.2, 0.25) is 53.2 Å². The molecule has 5 rings (SSSR count). The molecule has 10 amide bonds. The number of H-pyrrole nitrogens is 1. The van der Waals surface area contributed by atoms with Crippen LogP contribution in [0.4, 0.5) is 0 Å². The molecular weight excluding hydrogens is 1290 g/mol. The fourth-order valence-electron chi connectivity index (χ4n) is 9.94. The number of carbonyl (C=O) groups excluding carboxylic acids is 11. The normalized spacial score (nSPS) is 13.8. The molecule has 0 saturated carbocycles. The second-order valence-corrected chi connectivity index (χ2v) is 24.1. The van der Waals surface area contributed by atoms with Crippen LogP contribution < -0.4 is 70.1 Å². The monoisotopic (exact) mass is 1380 g/mol. The number of aromatic nitrogens is 1. The van der Waals surface area contributed by atoms with E-state index in [2.05, 4.69) is 58.2 Å². The van der Waals surface area contributed by atoms with Crippen molar-refractivity contribution in [1.29, 1.82) is 0 Å². The van der Waals surface area contributed by atoms with Crippen molar-refractivity contribution in [2.75, 3.05) is 31.6 Å². The van der Waals surface area contributed by atoms with Gasteiger partial charge in [0.15, 0.2) is 5.78 Å². The first-order chi connectivity index (χ1) is 46.6. The Morgan fingerprint density at radius 1 is 0.551 bits per heavy atom. The molecule has 0 aliphatic carbocycles. The topological polar surface area (TPSA) is 511 Å². The minimum absolute atomic E-state index is 0.0546. The van der Waals surface area contributed by atoms with Crippen molar-refractivity contribution in [1.82, 2.24) is 58.2 Å². The Kier molecular flexibility index (Phi) is 31.8. The lowest BCUT2D eigenvalue weighted by molar-refractivity contribution is -0.141. The lowest BCUT2D eigenvalue weighted by atomic mass is 9.80. The summed E-state index contributed by atoms with van der Waals surface area (Å²) in [6, 6.07) is 14.1. The van der Waals surface area contributed by atoms with Gasteiger partial charge in [0.05, 0.1) is 37.6 Å². The predicted molar refractivity (Wildman–Crippen MR) is 360 cm³/mol. The molecular formula is C65H84BN13O18S. The van der Waals surface area contributed by atoms with E-state index in [1.165, 1.54) is 74.1 Å². The van der Waals surface area contributed by atoms with Crippen LogP contribution in [0.2, 0.25) is 0 Å². The van der Waals surface area contributed by atoms with Crippen LogP contribution in [0.5, 0.6) is 5.75 Å². The number of carboxylic acid groups (broad SMARTS) is 2. The minimum atomic E-state index is -1.76. The molecule has 0 saturated heterocycles. The van der Waals surface area contributed by atoms with Crippen LogP contribution in [0.15, 0.2) is 109 Å². The van der Waals surface area contributed by atoms with Crippen molar-refractivity contribution >= 4 is 112 Å². The zero-order chi connectivity index (χ0) is 72.0. The van der Waals surface area contributed by atoms with E-state index in [0.29, 0.717) is 40.4 Å². The highest BCUT2D eigenvalue weighted by Gasteiger charge is 2.34. The van der Waals surface area contributed by atoms with Gasteiger partial charge >= 0.3 is 19.1 Å². The number of phenolic OH excluding ortho intramolecular Hbond substituents is 1. The average molecular weight is 1380 g/mol. The summed E-state index contributed by atoms with van der Waals surface area (Å²) < 4.78 is 0. The van der Waals surface area contributed by atoms with Gasteiger partial charge in [-0.25, -0.2) is 0 Å². The van der Waals surface area contributed by atoms with Crippen LogP contribution in [0.25, 0.3) is 10.9 Å². The quantitative estimate of drug-likeness (QED) is 0.0138. The molecule has 98 heavy (non-hydrogen) atoms. The largest absolute Gasteiger partial charge is 0.508 e. The van der Waals surface area contributed by atoms with Crippen LogP contribution >= 0.6 is 11.8 Å². The van der Waals surface area contributed by atoms with Crippen LogP contribution in [-0.4, -0.2) is 200 Å². The van der Waals surface area contributed by atoms with E-state index in [1.807, 2.05) is 0 Å². The Bertz CT molecular complexity index is 3580. The summed E-state index contributed by atoms with van der Waals surface area (Å²) in [5.41, 5.74) is 14.1. The van der Waals surface area contributed by atoms with Crippen molar-refractivity contribution in [3.8, 4) is 5.75 Å². The lowest BCUT2D eigenvalue weighted by Gasteiger charge is -2.26. The van der Waals surface area contributed by atoms with Gasteiger partial charge in [-0.1, -0.05) is 72.8 Å². The van der Waals surface area contributed by atoms with E-state index in [1.54, 1.807) is 67.0 Å². The summed E-state index contributed by atoms with van der Waals surface area (Å²) >= 11 is 1.30. The van der Waals surface area contributed by atoms with E-state index in [9.17, 15) is 87.7 Å². The summed E-state index contributed by atoms with van der Waals surface area (Å²) in [4.78, 5) is 177. The third-order valence-corrected chi connectivity index (χ3v) is 16.1. The highest BCUT2D eigenvalue weighted by atomic mass is 32.2. The summed E-state index contributed by atoms with van der Waals surface area (Å²) in [5, 5.41) is 74.2. The maximum Gasteiger partial charge on any atom is 0.488 e. The number of carbonyl (C=O) groups is 13. The number of hydrogen-bond acceptors (Lipinski definition) is 19. The number of ketones is 1. The Hall–Kier alpha value is -10.2. The number of amides is 10. The molecule has 1 heterocycles. The van der Waals surface area contributed by atoms with Gasteiger partial charge in [0, 0.05) is 54.9 Å². The number of Topliss-reactive ketones (excluding diaryl/α,β-unsaturated/α-hetero) is 1. The number of hydrogen-bond donors (Lipinski definition) is 18. The maximum absolute atomic E-state index is 14.5. The number of fused-ring (bicyclic) bond motifs is 1. The number of phenols is 1. The molecule has 31 nitrogen and oxygen atoms in total. The number of nitrogens with one attached hydrogen (secondary N) is 11. The van der Waals surface area contributed by atoms with E-state index in [4.69, 9.17) is 11.5 Å². The lowest BCUT2D eigenvalue weighted by Crippen LogP contribution is -2.59. The van der Waals surface area contributed by atoms with Crippen molar-refractivity contribution in [2.45, 2.75) is 132 Å². The summed E-state index contributed by atoms with van der Waals surface area (Å²) in [7, 11) is -1.71. The van der Waals surface area contributed by atoms with Crippen LogP contribution in [0, 0.1) is 0 Å². The smallest absolute Gasteiger partial charge is 0.488 e. The molecule has 0 aliphatic rings. The number of primary amides is 1. The van der Waals surface area contributed by atoms with Gasteiger partial charge in [-0.05, 0) is 110 Å². The molecule has 5 aromatic rings. The Morgan fingerprint density at radius 2 is 1.13 bits per heavy atom. The van der Waals surface area contributed by atoms with Gasteiger partial charge in [-0.2, -0.15) is 11.8 Å². The number of nitrogens with two attached hydrogens (primary N) is 2. The van der Waals surface area contributed by atoms with Gasteiger partial charge in [0.1, 0.15) is 42.0 Å². The molecule has 526 valence electrons. The van der Waals surface area contributed by atoms with Gasteiger partial charge in [0.25, 0.3) is 5.91 Å². The molecule has 4 aromatic carbocycles. The summed E-state index contributed by atoms with van der Waals surface area (Å²) in [6.45, 7) is 1.41. The fraction of sp³-hybridized carbons (Fsp3) is 0.400. The number of para-hydroxylation sites is 1. The third-order valence-electron chi connectivity index (χ3n) is 15.4. The number of benzene rings is 4. The van der Waals surface area contributed by atoms with E-state index >= 15 is 0 Å². The summed E-state index contributed by atoms with van der Waals surface area (Å²) in [6.07, 6.45) is 1.55. The van der Waals surface area contributed by atoms with Gasteiger partial charge in [-0.15, -0.1) is 0 Å². The Balaban J connectivity index is 1.27. The molecule has 20 N–H and O–H groups in total. The second kappa shape index (κ2) is 39.7. The SMILES string of the molecule is CSCC[C@H](NC(=O)[C@H](Cc1c[nH]c2ccccc12)NC(=O)CNC(=O)[C@H](Cc1ccc(O)cc1)NC(=O)[C@H](C)NC(=O)[C@H](CCC(=O)O)NCC(=O)C(CCCCNC(=O)c1ccc(B(O)O)cc1)NC(=O)[C@H](C)N)C(=O)N[C@@H](CC(=O)O)C(=O)N[C@@H](Cc1ccccc1)C(N)=O. The van der Waals surface area contributed by atoms with Crippen molar-refractivity contribution in [3.63, 3.8) is 0 Å². The molecule has 0 radical (unpaired) electrons. The Morgan fingerprint density at radius 3 is 1.78 bits per heavy atom. The Labute approximate surface area is 568 Å². The van der Waals surface area contributed by atoms with Gasteiger partial charge < -0.3 is 89.7 Å². The third kappa shape index (κ3) is 26.4. The van der Waals surface area contributed by atoms with Crippen LogP contribution in [0.3, 0.4) is 0 Å². The minimum Gasteiger partial charge on any atom is -0.508 e. The average Bonchev–Trinajstić information content (AvgIpc) is 1.67. The van der Waals surface area contributed by atoms with Crippen LogP contribution in [0.1, 0.15) is 85.8 Å². The molecule has 1 unspecified atom stereocenters. The highest BCUT2D eigenvalue weighted by Crippen LogP contribution is 2.20. The second-order valence-electron chi connectivity index (χ2n) is 23.1. The number of aliphatic carboxylic acids is 2. The number of aromatic amines is 1. The van der Waals surface area contributed by atoms with Crippen molar-refractivity contribution in [3.05, 3.63) is 132 Å². The molecule has 1 aromatic heterocycles. The highest BCUT2D eigenvalue weighted by molar-refractivity contribution is 7.98. The van der Waals surface area contributed by atoms with E-state index < -0.39 is 164 Å². The van der Waals surface area contributed by atoms with Crippen LogP contribution in [-0.2, 0) is 76.8 Å². The number of rotatable bonds is 42.